The van der Waals surface area contributed by atoms with Crippen molar-refractivity contribution >= 4 is 32.6 Å². The van der Waals surface area contributed by atoms with E-state index in [4.69, 9.17) is 0 Å². The number of nitrogens with one attached hydrogen (secondary N) is 1. The number of hydrogen-bond acceptors (Lipinski definition) is 3. The van der Waals surface area contributed by atoms with Crippen LogP contribution in [0.1, 0.15) is 5.56 Å². The highest BCUT2D eigenvalue weighted by Crippen LogP contribution is 2.58. The second-order valence-corrected chi connectivity index (χ2v) is 7.20. The molecule has 0 aliphatic heterocycles. The van der Waals surface area contributed by atoms with Gasteiger partial charge in [-0.15, -0.1) is 0 Å². The highest BCUT2D eigenvalue weighted by Gasteiger charge is 2.89. The summed E-state index contributed by atoms with van der Waals surface area (Å²) >= 11 is 0.406. The summed E-state index contributed by atoms with van der Waals surface area (Å²) in [5.74, 6) is -40.1. The SMILES string of the molecule is Cc1ccc2sc(NC(=O)C(F)(F)C(F)(F)C(F)(F)C(F)(F)C(F)(F)C(F)F)nc2c1. The highest BCUT2D eigenvalue weighted by molar-refractivity contribution is 7.22. The number of anilines is 1. The van der Waals surface area contributed by atoms with Crippen molar-refractivity contribution in [3.8, 4) is 0 Å². The van der Waals surface area contributed by atoms with Crippen LogP contribution in [0.15, 0.2) is 18.2 Å². The summed E-state index contributed by atoms with van der Waals surface area (Å²) in [6, 6.07) is 4.22. The molecule has 1 aromatic heterocycles. The number of aryl methyl sites for hydroxylation is 1. The molecule has 0 radical (unpaired) electrons. The number of alkyl halides is 12. The normalized spacial score (nSPS) is 14.4. The largest absolute Gasteiger partial charge is 0.393 e. The van der Waals surface area contributed by atoms with Crippen molar-refractivity contribution in [3.63, 3.8) is 0 Å². The molecule has 1 N–H and O–H groups in total. The Morgan fingerprint density at radius 3 is 2.00 bits per heavy atom. The molecule has 174 valence electrons. The quantitative estimate of drug-likeness (QED) is 0.483. The van der Waals surface area contributed by atoms with Crippen LogP contribution >= 0.6 is 11.3 Å². The molecule has 0 unspecified atom stereocenters. The van der Waals surface area contributed by atoms with Crippen LogP contribution in [0.5, 0.6) is 0 Å². The third-order valence-electron chi connectivity index (χ3n) is 3.92. The minimum absolute atomic E-state index is 0.0591. The van der Waals surface area contributed by atoms with E-state index in [2.05, 4.69) is 4.98 Å². The summed E-state index contributed by atoms with van der Waals surface area (Å²) in [6.45, 7) is 1.57. The molecule has 1 heterocycles. The van der Waals surface area contributed by atoms with Gasteiger partial charge in [0.05, 0.1) is 10.2 Å². The minimum Gasteiger partial charge on any atom is -0.296 e. The molecule has 2 aromatic rings. The van der Waals surface area contributed by atoms with Crippen LogP contribution in [-0.4, -0.2) is 46.9 Å². The Morgan fingerprint density at radius 1 is 0.935 bits per heavy atom. The molecule has 0 atom stereocenters. The zero-order valence-corrected chi connectivity index (χ0v) is 15.4. The monoisotopic (exact) mass is 492 g/mol. The first kappa shape index (κ1) is 25.0. The fourth-order valence-electron chi connectivity index (χ4n) is 2.15. The maximum Gasteiger partial charge on any atom is 0.393 e. The predicted octanol–water partition coefficient (Wildman–Crippen LogP) is 5.98. The van der Waals surface area contributed by atoms with Crippen molar-refractivity contribution in [3.05, 3.63) is 23.8 Å². The van der Waals surface area contributed by atoms with Crippen molar-refractivity contribution in [2.75, 3.05) is 5.32 Å². The number of hydrogen-bond donors (Lipinski definition) is 1. The Balaban J connectivity index is 2.41. The van der Waals surface area contributed by atoms with Crippen molar-refractivity contribution in [2.24, 2.45) is 0 Å². The molecule has 0 fully saturated rings. The molecule has 0 aliphatic rings. The van der Waals surface area contributed by atoms with E-state index in [1.165, 1.54) is 18.2 Å². The second kappa shape index (κ2) is 7.41. The molecule has 0 spiro atoms. The van der Waals surface area contributed by atoms with E-state index in [0.717, 1.165) is 5.32 Å². The van der Waals surface area contributed by atoms with Crippen molar-refractivity contribution in [2.45, 2.75) is 43.0 Å². The van der Waals surface area contributed by atoms with Gasteiger partial charge in [0.1, 0.15) is 0 Å². The maximum atomic E-state index is 13.8. The van der Waals surface area contributed by atoms with Gasteiger partial charge in [-0.3, -0.25) is 10.1 Å². The van der Waals surface area contributed by atoms with Crippen LogP contribution in [0.4, 0.5) is 57.8 Å². The summed E-state index contributed by atoms with van der Waals surface area (Å²) in [5, 5.41) is 0.168. The van der Waals surface area contributed by atoms with E-state index in [0.29, 0.717) is 16.9 Å². The summed E-state index contributed by atoms with van der Waals surface area (Å²) in [6.07, 6.45) is -5.61. The summed E-state index contributed by atoms with van der Waals surface area (Å²) in [7, 11) is 0. The third kappa shape index (κ3) is 3.67. The van der Waals surface area contributed by atoms with E-state index < -0.39 is 47.1 Å². The highest BCUT2D eigenvalue weighted by atomic mass is 32.1. The number of rotatable bonds is 7. The Hall–Kier alpha value is -2.26. The van der Waals surface area contributed by atoms with E-state index in [-0.39, 0.29) is 10.2 Å². The predicted molar refractivity (Wildman–Crippen MR) is 83.7 cm³/mol. The van der Waals surface area contributed by atoms with Crippen LogP contribution in [0.2, 0.25) is 0 Å². The number of aromatic nitrogens is 1. The van der Waals surface area contributed by atoms with Crippen molar-refractivity contribution < 1.29 is 57.5 Å². The van der Waals surface area contributed by atoms with Gasteiger partial charge in [0.15, 0.2) is 5.13 Å². The second-order valence-electron chi connectivity index (χ2n) is 6.17. The van der Waals surface area contributed by atoms with Gasteiger partial charge in [0, 0.05) is 0 Å². The minimum atomic E-state index is -7.77. The van der Waals surface area contributed by atoms with Gasteiger partial charge in [-0.05, 0) is 24.6 Å². The lowest BCUT2D eigenvalue weighted by Gasteiger charge is -2.38. The first-order chi connectivity index (χ1) is 13.8. The van der Waals surface area contributed by atoms with Crippen LogP contribution in [0.3, 0.4) is 0 Å². The zero-order chi connectivity index (χ0) is 24.2. The molecule has 16 heteroatoms. The summed E-state index contributed by atoms with van der Waals surface area (Å²) in [5.41, 5.74) is 0.651. The maximum absolute atomic E-state index is 13.8. The molecule has 2 rings (SSSR count). The summed E-state index contributed by atoms with van der Waals surface area (Å²) < 4.78 is 158. The van der Waals surface area contributed by atoms with Gasteiger partial charge in [-0.1, -0.05) is 17.4 Å². The third-order valence-corrected chi connectivity index (χ3v) is 4.88. The first-order valence-electron chi connectivity index (χ1n) is 7.66. The molecule has 0 saturated heterocycles. The first-order valence-corrected chi connectivity index (χ1v) is 8.48. The number of halogens is 12. The van der Waals surface area contributed by atoms with E-state index in [1.807, 2.05) is 0 Å². The lowest BCUT2D eigenvalue weighted by atomic mass is 9.94. The molecule has 3 nitrogen and oxygen atoms in total. The fraction of sp³-hybridized carbons (Fsp3) is 0.467. The smallest absolute Gasteiger partial charge is 0.296 e. The lowest BCUT2D eigenvalue weighted by molar-refractivity contribution is -0.406. The molecule has 0 aliphatic carbocycles. The van der Waals surface area contributed by atoms with E-state index in [9.17, 15) is 57.5 Å². The van der Waals surface area contributed by atoms with Gasteiger partial charge in [0.25, 0.3) is 0 Å². The van der Waals surface area contributed by atoms with E-state index in [1.54, 1.807) is 6.92 Å². The van der Waals surface area contributed by atoms with Gasteiger partial charge in [0.2, 0.25) is 0 Å². The Morgan fingerprint density at radius 2 is 1.48 bits per heavy atom. The standard InChI is InChI=1S/C15H8F12N2OS/c1-5-2-3-7-6(4-5)28-10(31-7)29-9(30)12(20,21)14(24,25)15(26,27)13(22,23)11(18,19)8(16)17/h2-4,8H,1H3,(H,28,29,30). The number of amides is 1. The molecule has 0 saturated carbocycles. The Kier molecular flexibility index (Phi) is 5.98. The molecule has 31 heavy (non-hydrogen) atoms. The van der Waals surface area contributed by atoms with Crippen molar-refractivity contribution in [1.29, 1.82) is 0 Å². The molecule has 0 bridgehead atoms. The molecule has 1 aromatic carbocycles. The van der Waals surface area contributed by atoms with Gasteiger partial charge < -0.3 is 0 Å². The number of carbonyl (C=O) groups is 1. The van der Waals surface area contributed by atoms with Crippen molar-refractivity contribution in [1.82, 2.24) is 4.98 Å². The molecular formula is C15H8F12N2OS. The van der Waals surface area contributed by atoms with Gasteiger partial charge in [-0.25, -0.2) is 13.8 Å². The zero-order valence-electron chi connectivity index (χ0n) is 14.6. The topological polar surface area (TPSA) is 42.0 Å². The molecular weight excluding hydrogens is 484 g/mol. The number of thiazole rings is 1. The average Bonchev–Trinajstić information content (AvgIpc) is 3.01. The summed E-state index contributed by atoms with van der Waals surface area (Å²) in [4.78, 5) is 15.0. The van der Waals surface area contributed by atoms with Crippen LogP contribution in [0.25, 0.3) is 10.2 Å². The number of nitrogens with zero attached hydrogens (tertiary/aromatic N) is 1. The van der Waals surface area contributed by atoms with Gasteiger partial charge in [-0.2, -0.15) is 43.9 Å². The Labute approximate surface area is 168 Å². The number of carbonyl (C=O) groups excluding carboxylic acids is 1. The Bertz CT molecular complexity index is 988. The van der Waals surface area contributed by atoms with Crippen LogP contribution in [-0.2, 0) is 4.79 Å². The van der Waals surface area contributed by atoms with Gasteiger partial charge >= 0.3 is 41.9 Å². The average molecular weight is 492 g/mol. The fourth-order valence-corrected chi connectivity index (χ4v) is 2.99. The van der Waals surface area contributed by atoms with E-state index >= 15 is 0 Å². The number of fused-ring (bicyclic) bond motifs is 1. The lowest BCUT2D eigenvalue weighted by Crippen LogP contribution is -2.70. The van der Waals surface area contributed by atoms with Crippen LogP contribution < -0.4 is 5.32 Å². The molecule has 1 amide bonds. The van der Waals surface area contributed by atoms with Crippen LogP contribution in [0, 0.1) is 6.92 Å². The number of benzene rings is 1.